The van der Waals surface area contributed by atoms with Gasteiger partial charge in [-0.25, -0.2) is 4.79 Å². The maximum atomic E-state index is 13.1. The van der Waals surface area contributed by atoms with E-state index < -0.39 is 17.7 Å². The molecule has 2 aromatic carbocycles. The summed E-state index contributed by atoms with van der Waals surface area (Å²) >= 11 is 0. The third-order valence-corrected chi connectivity index (χ3v) is 5.76. The number of aliphatic hydroxyl groups excluding tert-OH is 1. The second-order valence-corrected chi connectivity index (χ2v) is 7.67. The van der Waals surface area contributed by atoms with Crippen molar-refractivity contribution in [3.63, 3.8) is 0 Å². The standard InChI is InChI=1S/C23H24N2O5/c1-2-20(27)16-7-9-18(10-8-16)30-14-17(26)13-25-21(28)23(24-22(25)29)12-11-15-5-3-4-6-19(15)23/h3-10,17,26H,2,11-14H2,1H3,(H,24,29)/t17-,23+/m1/s1. The Bertz CT molecular complexity index is 987. The molecule has 1 spiro atoms. The highest BCUT2D eigenvalue weighted by atomic mass is 16.5. The van der Waals surface area contributed by atoms with Gasteiger partial charge in [0.15, 0.2) is 5.78 Å². The summed E-state index contributed by atoms with van der Waals surface area (Å²) in [5.41, 5.74) is 1.46. The van der Waals surface area contributed by atoms with Crippen LogP contribution in [0.2, 0.25) is 0 Å². The predicted molar refractivity (Wildman–Crippen MR) is 109 cm³/mol. The molecule has 1 saturated heterocycles. The molecule has 2 aromatic rings. The molecular formula is C23H24N2O5. The van der Waals surface area contributed by atoms with Gasteiger partial charge >= 0.3 is 6.03 Å². The van der Waals surface area contributed by atoms with Gasteiger partial charge in [-0.15, -0.1) is 0 Å². The normalized spacial score (nSPS) is 20.9. The van der Waals surface area contributed by atoms with Gasteiger partial charge in [-0.2, -0.15) is 0 Å². The van der Waals surface area contributed by atoms with Crippen LogP contribution >= 0.6 is 0 Å². The van der Waals surface area contributed by atoms with Crippen LogP contribution in [0.3, 0.4) is 0 Å². The summed E-state index contributed by atoms with van der Waals surface area (Å²) in [5, 5.41) is 13.2. The number of hydrogen-bond donors (Lipinski definition) is 2. The molecule has 2 N–H and O–H groups in total. The molecule has 4 rings (SSSR count). The number of Topliss-reactive ketones (excluding diaryl/α,β-unsaturated/α-hetero) is 1. The number of rotatable bonds is 7. The molecular weight excluding hydrogens is 384 g/mol. The Morgan fingerprint density at radius 3 is 2.67 bits per heavy atom. The van der Waals surface area contributed by atoms with Gasteiger partial charge in [0.1, 0.15) is 24.0 Å². The van der Waals surface area contributed by atoms with Crippen LogP contribution in [0, 0.1) is 0 Å². The molecule has 0 saturated carbocycles. The number of ether oxygens (including phenoxy) is 1. The predicted octanol–water partition coefficient (Wildman–Crippen LogP) is 2.41. The summed E-state index contributed by atoms with van der Waals surface area (Å²) in [6.07, 6.45) is 0.626. The number of urea groups is 1. The van der Waals surface area contributed by atoms with Crippen LogP contribution in [-0.2, 0) is 16.8 Å². The molecule has 0 radical (unpaired) electrons. The average Bonchev–Trinajstić information content (AvgIpc) is 3.25. The molecule has 1 aliphatic carbocycles. The topological polar surface area (TPSA) is 95.9 Å². The second kappa shape index (κ2) is 7.91. The van der Waals surface area contributed by atoms with E-state index in [0.29, 0.717) is 24.2 Å². The van der Waals surface area contributed by atoms with E-state index in [-0.39, 0.29) is 24.8 Å². The molecule has 3 amide bonds. The first-order valence-electron chi connectivity index (χ1n) is 10.1. The number of aryl methyl sites for hydroxylation is 1. The maximum absolute atomic E-state index is 13.1. The molecule has 2 aliphatic rings. The smallest absolute Gasteiger partial charge is 0.325 e. The lowest BCUT2D eigenvalue weighted by molar-refractivity contribution is -0.132. The highest BCUT2D eigenvalue weighted by molar-refractivity contribution is 6.08. The number of carbonyl (C=O) groups is 3. The number of β-amino-alcohol motifs (C(OH)–C–C–N with tert-alkyl or cyclic N) is 1. The summed E-state index contributed by atoms with van der Waals surface area (Å²) in [7, 11) is 0. The zero-order valence-corrected chi connectivity index (χ0v) is 16.8. The lowest BCUT2D eigenvalue weighted by Gasteiger charge is -2.23. The highest BCUT2D eigenvalue weighted by Crippen LogP contribution is 2.41. The number of benzene rings is 2. The third-order valence-electron chi connectivity index (χ3n) is 5.76. The minimum atomic E-state index is -1.04. The van der Waals surface area contributed by atoms with Crippen molar-refractivity contribution in [1.29, 1.82) is 0 Å². The number of aliphatic hydroxyl groups is 1. The number of nitrogens with one attached hydrogen (secondary N) is 1. The van der Waals surface area contributed by atoms with Crippen molar-refractivity contribution in [2.24, 2.45) is 0 Å². The quantitative estimate of drug-likeness (QED) is 0.542. The van der Waals surface area contributed by atoms with Crippen LogP contribution in [0.4, 0.5) is 4.79 Å². The Balaban J connectivity index is 1.38. The van der Waals surface area contributed by atoms with Crippen molar-refractivity contribution in [3.05, 3.63) is 65.2 Å². The van der Waals surface area contributed by atoms with Crippen LogP contribution < -0.4 is 10.1 Å². The number of fused-ring (bicyclic) bond motifs is 2. The molecule has 1 aliphatic heterocycles. The SMILES string of the molecule is CCC(=O)c1ccc(OC[C@H](O)CN2C(=O)N[C@]3(CCc4ccccc43)C2=O)cc1. The van der Waals surface area contributed by atoms with Crippen molar-refractivity contribution in [1.82, 2.24) is 10.2 Å². The first-order valence-corrected chi connectivity index (χ1v) is 10.1. The van der Waals surface area contributed by atoms with Gasteiger partial charge in [0.2, 0.25) is 0 Å². The fraction of sp³-hybridized carbons (Fsp3) is 0.348. The fourth-order valence-corrected chi connectivity index (χ4v) is 4.15. The van der Waals surface area contributed by atoms with Gasteiger partial charge in [-0.05, 0) is 48.2 Å². The molecule has 30 heavy (non-hydrogen) atoms. The van der Waals surface area contributed by atoms with Crippen LogP contribution in [0.5, 0.6) is 5.75 Å². The fourth-order valence-electron chi connectivity index (χ4n) is 4.15. The van der Waals surface area contributed by atoms with Crippen molar-refractivity contribution in [3.8, 4) is 5.75 Å². The van der Waals surface area contributed by atoms with Crippen LogP contribution in [-0.4, -0.2) is 47.0 Å². The van der Waals surface area contributed by atoms with E-state index in [1.165, 1.54) is 0 Å². The van der Waals surface area contributed by atoms with E-state index in [1.807, 2.05) is 24.3 Å². The maximum Gasteiger partial charge on any atom is 0.325 e. The minimum absolute atomic E-state index is 0.0440. The molecule has 0 bridgehead atoms. The Hall–Kier alpha value is -3.19. The average molecular weight is 408 g/mol. The van der Waals surface area contributed by atoms with E-state index in [1.54, 1.807) is 31.2 Å². The Labute approximate surface area is 174 Å². The Morgan fingerprint density at radius 2 is 1.93 bits per heavy atom. The number of carbonyl (C=O) groups excluding carboxylic acids is 3. The summed E-state index contributed by atoms with van der Waals surface area (Å²) in [4.78, 5) is 38.3. The molecule has 1 fully saturated rings. The van der Waals surface area contributed by atoms with Gasteiger partial charge in [-0.3, -0.25) is 14.5 Å². The third kappa shape index (κ3) is 3.45. The summed E-state index contributed by atoms with van der Waals surface area (Å²) in [5.74, 6) is 0.210. The number of ketones is 1. The van der Waals surface area contributed by atoms with Gasteiger partial charge in [0.25, 0.3) is 5.91 Å². The monoisotopic (exact) mass is 408 g/mol. The van der Waals surface area contributed by atoms with E-state index in [2.05, 4.69) is 5.32 Å². The van der Waals surface area contributed by atoms with E-state index in [4.69, 9.17) is 4.74 Å². The molecule has 7 heteroatoms. The van der Waals surface area contributed by atoms with Crippen molar-refractivity contribution < 1.29 is 24.2 Å². The Morgan fingerprint density at radius 1 is 1.20 bits per heavy atom. The number of imide groups is 1. The van der Waals surface area contributed by atoms with Gasteiger partial charge < -0.3 is 15.2 Å². The zero-order valence-electron chi connectivity index (χ0n) is 16.8. The van der Waals surface area contributed by atoms with E-state index >= 15 is 0 Å². The van der Waals surface area contributed by atoms with Crippen LogP contribution in [0.25, 0.3) is 0 Å². The first-order chi connectivity index (χ1) is 14.4. The van der Waals surface area contributed by atoms with Crippen LogP contribution in [0.1, 0.15) is 41.3 Å². The summed E-state index contributed by atoms with van der Waals surface area (Å²) < 4.78 is 5.56. The van der Waals surface area contributed by atoms with E-state index in [9.17, 15) is 19.5 Å². The highest BCUT2D eigenvalue weighted by Gasteiger charge is 2.55. The van der Waals surface area contributed by atoms with Crippen molar-refractivity contribution >= 4 is 17.7 Å². The minimum Gasteiger partial charge on any atom is -0.491 e. The lowest BCUT2D eigenvalue weighted by Crippen LogP contribution is -2.43. The molecule has 0 aromatic heterocycles. The molecule has 7 nitrogen and oxygen atoms in total. The number of nitrogens with zero attached hydrogens (tertiary/aromatic N) is 1. The number of amides is 3. The first kappa shape index (κ1) is 20.1. The molecule has 156 valence electrons. The molecule has 2 atom stereocenters. The van der Waals surface area contributed by atoms with Crippen LogP contribution in [0.15, 0.2) is 48.5 Å². The van der Waals surface area contributed by atoms with Gasteiger partial charge in [0.05, 0.1) is 6.54 Å². The molecule has 0 unspecified atom stereocenters. The summed E-state index contributed by atoms with van der Waals surface area (Å²) in [6, 6.07) is 13.8. The molecule has 1 heterocycles. The van der Waals surface area contributed by atoms with Gasteiger partial charge in [0, 0.05) is 12.0 Å². The van der Waals surface area contributed by atoms with Gasteiger partial charge in [-0.1, -0.05) is 31.2 Å². The second-order valence-electron chi connectivity index (χ2n) is 7.67. The summed E-state index contributed by atoms with van der Waals surface area (Å²) in [6.45, 7) is 1.57. The van der Waals surface area contributed by atoms with Crippen molar-refractivity contribution in [2.45, 2.75) is 37.8 Å². The Kier molecular flexibility index (Phi) is 5.30. The largest absolute Gasteiger partial charge is 0.491 e. The number of hydrogen-bond acceptors (Lipinski definition) is 5. The lowest BCUT2D eigenvalue weighted by atomic mass is 9.92. The zero-order chi connectivity index (χ0) is 21.3. The van der Waals surface area contributed by atoms with E-state index in [0.717, 1.165) is 22.4 Å². The van der Waals surface area contributed by atoms with Crippen molar-refractivity contribution in [2.75, 3.05) is 13.2 Å².